The number of carbonyl (C=O) groups is 3. The maximum absolute atomic E-state index is 14.0. The molecule has 3 rings (SSSR count). The third-order valence-electron chi connectivity index (χ3n) is 7.80. The second kappa shape index (κ2) is 9.91. The molecular formula is C24H38N2O6. The van der Waals surface area contributed by atoms with Crippen LogP contribution in [0.1, 0.15) is 59.3 Å². The van der Waals surface area contributed by atoms with Crippen LogP contribution in [0.4, 0.5) is 0 Å². The molecule has 3 heterocycles. The van der Waals surface area contributed by atoms with Crippen molar-refractivity contribution in [1.29, 1.82) is 0 Å². The molecule has 0 radical (unpaired) electrons. The molecule has 180 valence electrons. The van der Waals surface area contributed by atoms with Gasteiger partial charge in [-0.15, -0.1) is 6.58 Å². The molecule has 8 nitrogen and oxygen atoms in total. The average molecular weight is 451 g/mol. The molecule has 2 N–H and O–H groups in total. The van der Waals surface area contributed by atoms with E-state index in [-0.39, 0.29) is 24.3 Å². The van der Waals surface area contributed by atoms with Gasteiger partial charge >= 0.3 is 5.97 Å². The van der Waals surface area contributed by atoms with Crippen LogP contribution in [0.2, 0.25) is 0 Å². The molecule has 0 saturated carbocycles. The summed E-state index contributed by atoms with van der Waals surface area (Å²) in [5.74, 6) is -3.57. The van der Waals surface area contributed by atoms with Gasteiger partial charge in [0.05, 0.1) is 30.6 Å². The van der Waals surface area contributed by atoms with E-state index in [4.69, 9.17) is 4.74 Å². The van der Waals surface area contributed by atoms with E-state index < -0.39 is 41.6 Å². The maximum atomic E-state index is 14.0. The van der Waals surface area contributed by atoms with Gasteiger partial charge < -0.3 is 24.7 Å². The van der Waals surface area contributed by atoms with Crippen LogP contribution in [0.3, 0.4) is 0 Å². The average Bonchev–Trinajstić information content (AvgIpc) is 3.41. The van der Waals surface area contributed by atoms with Crippen LogP contribution >= 0.6 is 0 Å². The predicted molar refractivity (Wildman–Crippen MR) is 119 cm³/mol. The lowest BCUT2D eigenvalue weighted by Crippen LogP contribution is -2.59. The summed E-state index contributed by atoms with van der Waals surface area (Å²) >= 11 is 0. The Bertz CT molecular complexity index is 742. The third kappa shape index (κ3) is 3.85. The summed E-state index contributed by atoms with van der Waals surface area (Å²) in [5.41, 5.74) is -1.15. The van der Waals surface area contributed by atoms with Crippen LogP contribution in [0.5, 0.6) is 0 Å². The van der Waals surface area contributed by atoms with E-state index in [1.54, 1.807) is 11.0 Å². The Morgan fingerprint density at radius 3 is 2.66 bits per heavy atom. The maximum Gasteiger partial charge on any atom is 0.310 e. The number of fused-ring (bicyclic) bond motifs is 1. The first-order chi connectivity index (χ1) is 15.3. The Kier molecular flexibility index (Phi) is 7.65. The van der Waals surface area contributed by atoms with Crippen LogP contribution in [0.25, 0.3) is 0 Å². The molecular weight excluding hydrogens is 412 g/mol. The van der Waals surface area contributed by atoms with E-state index in [1.807, 2.05) is 13.8 Å². The zero-order valence-corrected chi connectivity index (χ0v) is 19.5. The number of carboxylic acids is 1. The van der Waals surface area contributed by atoms with Gasteiger partial charge in [0.25, 0.3) is 0 Å². The fourth-order valence-corrected chi connectivity index (χ4v) is 6.00. The molecule has 0 aliphatic carbocycles. The highest BCUT2D eigenvalue weighted by Crippen LogP contribution is 2.59. The molecule has 2 bridgehead atoms. The Balaban J connectivity index is 2.05. The number of carbonyl (C=O) groups excluding carboxylic acids is 2. The van der Waals surface area contributed by atoms with E-state index in [1.165, 1.54) is 4.90 Å². The van der Waals surface area contributed by atoms with E-state index in [2.05, 4.69) is 13.5 Å². The highest BCUT2D eigenvalue weighted by molar-refractivity contribution is 5.98. The zero-order chi connectivity index (χ0) is 23.6. The summed E-state index contributed by atoms with van der Waals surface area (Å²) in [6, 6.07) is -1.50. The summed E-state index contributed by atoms with van der Waals surface area (Å²) in [5, 5.41) is 20.1. The van der Waals surface area contributed by atoms with Crippen LogP contribution in [0, 0.1) is 17.8 Å². The molecule has 3 aliphatic heterocycles. The lowest BCUT2D eigenvalue weighted by atomic mass is 9.70. The SMILES string of the molecule is C=CCN(CCCCC)C(=O)[C@H]1N([C@@H](CO)[C@@H](C)CC)C(=O)[C@@H]2[C@@H](C(=O)O)[C@H]3CC[C@]21O3. The van der Waals surface area contributed by atoms with Crippen LogP contribution in [0.15, 0.2) is 12.7 Å². The first kappa shape index (κ1) is 24.7. The van der Waals surface area contributed by atoms with Gasteiger partial charge in [0.15, 0.2) is 0 Å². The van der Waals surface area contributed by atoms with Crippen molar-refractivity contribution >= 4 is 17.8 Å². The molecule has 3 aliphatic rings. The lowest BCUT2D eigenvalue weighted by Gasteiger charge is -2.41. The van der Waals surface area contributed by atoms with Crippen molar-refractivity contribution in [2.24, 2.45) is 17.8 Å². The van der Waals surface area contributed by atoms with E-state index >= 15 is 0 Å². The molecule has 32 heavy (non-hydrogen) atoms. The number of likely N-dealkylation sites (tertiary alicyclic amines) is 1. The smallest absolute Gasteiger partial charge is 0.310 e. The molecule has 0 aromatic rings. The van der Waals surface area contributed by atoms with E-state index in [0.29, 0.717) is 32.4 Å². The Hall–Kier alpha value is -1.93. The number of rotatable bonds is 12. The second-order valence-corrected chi connectivity index (χ2v) is 9.56. The van der Waals surface area contributed by atoms with Crippen molar-refractivity contribution < 1.29 is 29.3 Å². The zero-order valence-electron chi connectivity index (χ0n) is 19.5. The summed E-state index contributed by atoms with van der Waals surface area (Å²) in [4.78, 5) is 43.0. The summed E-state index contributed by atoms with van der Waals surface area (Å²) in [6.45, 7) is 10.4. The van der Waals surface area contributed by atoms with Gasteiger partial charge in [-0.3, -0.25) is 14.4 Å². The fraction of sp³-hybridized carbons (Fsp3) is 0.792. The number of hydrogen-bond donors (Lipinski definition) is 2. The quantitative estimate of drug-likeness (QED) is 0.348. The highest BCUT2D eigenvalue weighted by atomic mass is 16.5. The molecule has 7 atom stereocenters. The number of nitrogens with zero attached hydrogens (tertiary/aromatic N) is 2. The Labute approximate surface area is 190 Å². The van der Waals surface area contributed by atoms with Gasteiger partial charge in [-0.2, -0.15) is 0 Å². The van der Waals surface area contributed by atoms with Gasteiger partial charge in [-0.1, -0.05) is 46.1 Å². The normalized spacial score (nSPS) is 32.6. The monoisotopic (exact) mass is 450 g/mol. The molecule has 2 amide bonds. The van der Waals surface area contributed by atoms with Crippen molar-refractivity contribution in [3.8, 4) is 0 Å². The van der Waals surface area contributed by atoms with Gasteiger partial charge in [-0.25, -0.2) is 0 Å². The van der Waals surface area contributed by atoms with E-state index in [0.717, 1.165) is 19.3 Å². The minimum absolute atomic E-state index is 0.0529. The van der Waals surface area contributed by atoms with Crippen LogP contribution in [-0.2, 0) is 19.1 Å². The Morgan fingerprint density at radius 1 is 1.38 bits per heavy atom. The number of aliphatic hydroxyl groups is 1. The number of aliphatic carboxylic acids is 1. The van der Waals surface area contributed by atoms with Crippen molar-refractivity contribution in [2.45, 2.75) is 83.1 Å². The number of unbranched alkanes of at least 4 members (excludes halogenated alkanes) is 2. The van der Waals surface area contributed by atoms with Crippen molar-refractivity contribution in [2.75, 3.05) is 19.7 Å². The summed E-state index contributed by atoms with van der Waals surface area (Å²) in [7, 11) is 0. The highest BCUT2D eigenvalue weighted by Gasteiger charge is 2.75. The van der Waals surface area contributed by atoms with Crippen molar-refractivity contribution in [3.05, 3.63) is 12.7 Å². The number of hydrogen-bond acceptors (Lipinski definition) is 5. The van der Waals surface area contributed by atoms with Gasteiger partial charge in [0.1, 0.15) is 11.6 Å². The van der Waals surface area contributed by atoms with Crippen molar-refractivity contribution in [1.82, 2.24) is 9.80 Å². The molecule has 8 heteroatoms. The number of aliphatic hydroxyl groups excluding tert-OH is 1. The second-order valence-electron chi connectivity index (χ2n) is 9.56. The topological polar surface area (TPSA) is 107 Å². The molecule has 0 aromatic heterocycles. The van der Waals surface area contributed by atoms with Crippen LogP contribution in [-0.4, -0.2) is 81.3 Å². The number of carboxylic acid groups (broad SMARTS) is 1. The minimum Gasteiger partial charge on any atom is -0.481 e. The van der Waals surface area contributed by atoms with Gasteiger partial charge in [-0.05, 0) is 25.2 Å². The third-order valence-corrected chi connectivity index (χ3v) is 7.80. The number of ether oxygens (including phenoxy) is 1. The largest absolute Gasteiger partial charge is 0.481 e. The van der Waals surface area contributed by atoms with E-state index in [9.17, 15) is 24.6 Å². The molecule has 1 spiro atoms. The molecule has 3 saturated heterocycles. The minimum atomic E-state index is -1.15. The van der Waals surface area contributed by atoms with Gasteiger partial charge in [0.2, 0.25) is 11.8 Å². The molecule has 3 fully saturated rings. The fourth-order valence-electron chi connectivity index (χ4n) is 6.00. The molecule has 0 unspecified atom stereocenters. The van der Waals surface area contributed by atoms with Crippen LogP contribution < -0.4 is 0 Å². The summed E-state index contributed by atoms with van der Waals surface area (Å²) in [6.07, 6.45) is 5.66. The lowest BCUT2D eigenvalue weighted by molar-refractivity contribution is -0.154. The standard InChI is InChI=1S/C24H38N2O6/c1-5-8-9-13-25(12-6-2)22(29)20-24-11-10-17(32-24)18(23(30)31)19(24)21(28)26(20)16(14-27)15(4)7-3/h6,15-20,27H,2,5,7-14H2,1,3-4H3,(H,30,31)/t15-,16-,17+,18-,19-,20+,24-/m0/s1. The summed E-state index contributed by atoms with van der Waals surface area (Å²) < 4.78 is 6.26. The molecule has 0 aromatic carbocycles. The Morgan fingerprint density at radius 2 is 2.09 bits per heavy atom. The predicted octanol–water partition coefficient (Wildman–Crippen LogP) is 2.06. The van der Waals surface area contributed by atoms with Gasteiger partial charge in [0, 0.05) is 13.1 Å². The first-order valence-electron chi connectivity index (χ1n) is 12.0. The number of amides is 2. The first-order valence-corrected chi connectivity index (χ1v) is 12.0. The van der Waals surface area contributed by atoms with Crippen molar-refractivity contribution in [3.63, 3.8) is 0 Å².